The van der Waals surface area contributed by atoms with Crippen LogP contribution in [0.5, 0.6) is 0 Å². The van der Waals surface area contributed by atoms with Crippen molar-refractivity contribution in [1.29, 1.82) is 0 Å². The standard InChI is InChI=1S/C29H32FN3O4/c1-33(29(35)36)27-19-37-22(18-31-27)15-16-23-25(30)13-8-14-26(23)32-28(34)17-24(20-9-4-2-5-10-20)21-11-6-3-7-12-21/h2-14,22,24,27,31H,15-19H2,1H3,(H,32,34)(H,35,36)/t22-,27+/m1/s1. The highest BCUT2D eigenvalue weighted by Crippen LogP contribution is 2.29. The first-order chi connectivity index (χ1) is 17.9. The number of carbonyl (C=O) groups is 2. The molecule has 1 aliphatic rings. The van der Waals surface area contributed by atoms with E-state index < -0.39 is 12.3 Å². The average Bonchev–Trinajstić information content (AvgIpc) is 2.92. The number of rotatable bonds is 9. The fraction of sp³-hybridized carbons (Fsp3) is 0.310. The van der Waals surface area contributed by atoms with Crippen LogP contribution in [0.15, 0.2) is 78.9 Å². The second kappa shape index (κ2) is 12.5. The Balaban J connectivity index is 1.41. The lowest BCUT2D eigenvalue weighted by Gasteiger charge is -2.34. The zero-order valence-electron chi connectivity index (χ0n) is 20.8. The minimum absolute atomic E-state index is 0.127. The molecule has 1 aliphatic heterocycles. The van der Waals surface area contributed by atoms with Crippen molar-refractivity contribution in [2.24, 2.45) is 0 Å². The molecule has 4 rings (SSSR count). The van der Waals surface area contributed by atoms with Crippen LogP contribution in [0.25, 0.3) is 0 Å². The van der Waals surface area contributed by atoms with Crippen molar-refractivity contribution >= 4 is 17.7 Å². The second-order valence-electron chi connectivity index (χ2n) is 9.20. The number of nitrogens with one attached hydrogen (secondary N) is 2. The SMILES string of the molecule is CN(C(=O)O)[C@H]1CO[C@H](CCc2c(F)cccc2NC(=O)CC(c2ccccc2)c2ccccc2)CN1. The fourth-order valence-electron chi connectivity index (χ4n) is 4.60. The molecule has 7 nitrogen and oxygen atoms in total. The Morgan fingerprint density at radius 1 is 1.05 bits per heavy atom. The highest BCUT2D eigenvalue weighted by molar-refractivity contribution is 5.92. The summed E-state index contributed by atoms with van der Waals surface area (Å²) in [5.41, 5.74) is 2.96. The summed E-state index contributed by atoms with van der Waals surface area (Å²) in [5, 5.41) is 15.2. The smallest absolute Gasteiger partial charge is 0.408 e. The number of hydrogen-bond donors (Lipinski definition) is 3. The third kappa shape index (κ3) is 6.93. The molecule has 194 valence electrons. The number of hydrogen-bond acceptors (Lipinski definition) is 4. The number of morpholine rings is 1. The Morgan fingerprint density at radius 3 is 2.27 bits per heavy atom. The minimum atomic E-state index is -1.03. The molecule has 3 aromatic carbocycles. The number of carbonyl (C=O) groups excluding carboxylic acids is 1. The summed E-state index contributed by atoms with van der Waals surface area (Å²) in [6, 6.07) is 24.4. The van der Waals surface area contributed by atoms with Crippen molar-refractivity contribution in [3.05, 3.63) is 101 Å². The van der Waals surface area contributed by atoms with Crippen molar-refractivity contribution in [2.75, 3.05) is 25.5 Å². The van der Waals surface area contributed by atoms with Crippen LogP contribution in [-0.2, 0) is 16.0 Å². The zero-order valence-corrected chi connectivity index (χ0v) is 20.8. The van der Waals surface area contributed by atoms with E-state index >= 15 is 0 Å². The Morgan fingerprint density at radius 2 is 1.70 bits per heavy atom. The highest BCUT2D eigenvalue weighted by Gasteiger charge is 2.27. The summed E-state index contributed by atoms with van der Waals surface area (Å²) < 4.78 is 20.6. The van der Waals surface area contributed by atoms with Gasteiger partial charge in [-0.25, -0.2) is 9.18 Å². The van der Waals surface area contributed by atoms with Crippen molar-refractivity contribution < 1.29 is 23.8 Å². The molecule has 3 aromatic rings. The molecule has 0 bridgehead atoms. The third-order valence-electron chi connectivity index (χ3n) is 6.74. The van der Waals surface area contributed by atoms with E-state index in [1.54, 1.807) is 12.1 Å². The van der Waals surface area contributed by atoms with E-state index in [1.165, 1.54) is 18.0 Å². The Bertz CT molecular complexity index is 1140. The van der Waals surface area contributed by atoms with E-state index in [-0.39, 0.29) is 36.8 Å². The normalized spacial score (nSPS) is 17.4. The lowest BCUT2D eigenvalue weighted by atomic mass is 9.88. The van der Waals surface area contributed by atoms with Crippen LogP contribution in [0.1, 0.15) is 35.4 Å². The molecular formula is C29H32FN3O4. The second-order valence-corrected chi connectivity index (χ2v) is 9.20. The number of halogens is 1. The van der Waals surface area contributed by atoms with E-state index in [2.05, 4.69) is 10.6 Å². The van der Waals surface area contributed by atoms with E-state index in [1.807, 2.05) is 60.7 Å². The summed E-state index contributed by atoms with van der Waals surface area (Å²) in [7, 11) is 1.48. The van der Waals surface area contributed by atoms with Gasteiger partial charge >= 0.3 is 6.09 Å². The first kappa shape index (κ1) is 26.3. The maximum Gasteiger partial charge on any atom is 0.408 e. The van der Waals surface area contributed by atoms with Crippen LogP contribution in [0.3, 0.4) is 0 Å². The fourth-order valence-corrected chi connectivity index (χ4v) is 4.60. The molecule has 0 saturated carbocycles. The Kier molecular flexibility index (Phi) is 8.87. The predicted molar refractivity (Wildman–Crippen MR) is 140 cm³/mol. The summed E-state index contributed by atoms with van der Waals surface area (Å²) in [6.07, 6.45) is -0.529. The molecule has 0 radical (unpaired) electrons. The molecule has 2 atom stereocenters. The third-order valence-corrected chi connectivity index (χ3v) is 6.74. The molecule has 0 spiro atoms. The number of nitrogens with zero attached hydrogens (tertiary/aromatic N) is 1. The van der Waals surface area contributed by atoms with Gasteiger partial charge in [0.05, 0.1) is 12.7 Å². The van der Waals surface area contributed by atoms with Gasteiger partial charge in [0.25, 0.3) is 0 Å². The molecular weight excluding hydrogens is 473 g/mol. The van der Waals surface area contributed by atoms with Gasteiger partial charge in [-0.2, -0.15) is 0 Å². The predicted octanol–water partition coefficient (Wildman–Crippen LogP) is 4.84. The van der Waals surface area contributed by atoms with Crippen molar-refractivity contribution in [3.63, 3.8) is 0 Å². The van der Waals surface area contributed by atoms with E-state index in [4.69, 9.17) is 9.84 Å². The molecule has 3 N–H and O–H groups in total. The largest absolute Gasteiger partial charge is 0.465 e. The number of carboxylic acid groups (broad SMARTS) is 1. The molecule has 2 amide bonds. The van der Waals surface area contributed by atoms with Crippen LogP contribution >= 0.6 is 0 Å². The topological polar surface area (TPSA) is 90.9 Å². The average molecular weight is 506 g/mol. The van der Waals surface area contributed by atoms with Gasteiger partial charge in [0.2, 0.25) is 5.91 Å². The molecule has 0 aliphatic carbocycles. The number of benzene rings is 3. The summed E-state index contributed by atoms with van der Waals surface area (Å²) in [4.78, 5) is 25.5. The first-order valence-corrected chi connectivity index (χ1v) is 12.4. The van der Waals surface area contributed by atoms with Crippen LogP contribution in [0.4, 0.5) is 14.9 Å². The van der Waals surface area contributed by atoms with Gasteiger partial charge in [-0.15, -0.1) is 0 Å². The lowest BCUT2D eigenvalue weighted by Crippen LogP contribution is -2.55. The van der Waals surface area contributed by atoms with E-state index in [0.717, 1.165) is 11.1 Å². The Labute approximate surface area is 216 Å². The van der Waals surface area contributed by atoms with Crippen molar-refractivity contribution in [2.45, 2.75) is 37.5 Å². The summed E-state index contributed by atoms with van der Waals surface area (Å²) in [5.74, 6) is -0.703. The molecule has 1 fully saturated rings. The zero-order chi connectivity index (χ0) is 26.2. The van der Waals surface area contributed by atoms with Gasteiger partial charge in [0.15, 0.2) is 0 Å². The Hall–Kier alpha value is -3.75. The molecule has 0 aromatic heterocycles. The number of ether oxygens (including phenoxy) is 1. The van der Waals surface area contributed by atoms with Gasteiger partial charge in [-0.1, -0.05) is 66.7 Å². The van der Waals surface area contributed by atoms with Gasteiger partial charge in [-0.05, 0) is 36.1 Å². The van der Waals surface area contributed by atoms with Gasteiger partial charge < -0.3 is 15.2 Å². The monoisotopic (exact) mass is 505 g/mol. The van der Waals surface area contributed by atoms with E-state index in [0.29, 0.717) is 30.6 Å². The maximum atomic E-state index is 14.8. The van der Waals surface area contributed by atoms with Crippen molar-refractivity contribution in [1.82, 2.24) is 10.2 Å². The van der Waals surface area contributed by atoms with Crippen LogP contribution < -0.4 is 10.6 Å². The first-order valence-electron chi connectivity index (χ1n) is 12.4. The van der Waals surface area contributed by atoms with Crippen LogP contribution in [0, 0.1) is 5.82 Å². The van der Waals surface area contributed by atoms with Crippen LogP contribution in [0.2, 0.25) is 0 Å². The minimum Gasteiger partial charge on any atom is -0.465 e. The van der Waals surface area contributed by atoms with E-state index in [9.17, 15) is 14.0 Å². The molecule has 1 saturated heterocycles. The lowest BCUT2D eigenvalue weighted by molar-refractivity contribution is -0.116. The summed E-state index contributed by atoms with van der Waals surface area (Å²) in [6.45, 7) is 0.670. The molecule has 1 heterocycles. The highest BCUT2D eigenvalue weighted by atomic mass is 19.1. The number of likely N-dealkylation sites (N-methyl/N-ethyl adjacent to an activating group) is 1. The van der Waals surface area contributed by atoms with Crippen LogP contribution in [-0.4, -0.2) is 54.5 Å². The maximum absolute atomic E-state index is 14.8. The molecule has 0 unspecified atom stereocenters. The summed E-state index contributed by atoms with van der Waals surface area (Å²) >= 11 is 0. The number of anilines is 1. The molecule has 8 heteroatoms. The van der Waals surface area contributed by atoms with Gasteiger partial charge in [0, 0.05) is 37.2 Å². The number of amides is 2. The quantitative estimate of drug-likeness (QED) is 0.387. The van der Waals surface area contributed by atoms with Crippen molar-refractivity contribution in [3.8, 4) is 0 Å². The molecule has 37 heavy (non-hydrogen) atoms. The van der Waals surface area contributed by atoms with Gasteiger partial charge in [0.1, 0.15) is 12.0 Å². The van der Waals surface area contributed by atoms with Gasteiger partial charge in [-0.3, -0.25) is 15.0 Å².